The molecule has 1 atom stereocenters. The van der Waals surface area contributed by atoms with Crippen LogP contribution in [-0.2, 0) is 15.7 Å². The summed E-state index contributed by atoms with van der Waals surface area (Å²) in [5, 5.41) is 5.94. The van der Waals surface area contributed by atoms with Crippen molar-refractivity contribution < 1.29 is 22.7 Å². The molecule has 2 N–H and O–H groups in total. The predicted octanol–water partition coefficient (Wildman–Crippen LogP) is 2.57. The van der Waals surface area contributed by atoms with Gasteiger partial charge in [-0.2, -0.15) is 13.2 Å². The van der Waals surface area contributed by atoms with E-state index in [0.717, 1.165) is 18.6 Å². The third-order valence-corrected chi connectivity index (χ3v) is 4.37. The Bertz CT molecular complexity index is 679. The Labute approximate surface area is 163 Å². The predicted molar refractivity (Wildman–Crippen MR) is 101 cm³/mol. The molecular formula is C19H27F3N4O2. The summed E-state index contributed by atoms with van der Waals surface area (Å²) < 4.78 is 44.6. The molecule has 0 bridgehead atoms. The summed E-state index contributed by atoms with van der Waals surface area (Å²) in [5.74, 6) is 0.567. The standard InChI is InChI=1S/C19H27F3N4O2/c1-3-8-24-17(27)7-9-25-18(23-2)26-10-11-28-16(13-26)14-5-4-6-15(12-14)19(20,21)22/h4-6,12,16H,3,7-11,13H2,1-2H3,(H,23,25)(H,24,27). The molecule has 156 valence electrons. The van der Waals surface area contributed by atoms with Crippen molar-refractivity contribution >= 4 is 11.9 Å². The van der Waals surface area contributed by atoms with Gasteiger partial charge in [-0.25, -0.2) is 0 Å². The summed E-state index contributed by atoms with van der Waals surface area (Å²) in [4.78, 5) is 17.8. The second kappa shape index (κ2) is 10.3. The van der Waals surface area contributed by atoms with Crippen LogP contribution in [0.15, 0.2) is 29.3 Å². The lowest BCUT2D eigenvalue weighted by molar-refractivity contribution is -0.137. The third-order valence-electron chi connectivity index (χ3n) is 4.37. The van der Waals surface area contributed by atoms with Gasteiger partial charge >= 0.3 is 6.18 Å². The lowest BCUT2D eigenvalue weighted by Gasteiger charge is -2.35. The third kappa shape index (κ3) is 6.40. The topological polar surface area (TPSA) is 66.0 Å². The first-order valence-corrected chi connectivity index (χ1v) is 9.36. The second-order valence-electron chi connectivity index (χ2n) is 6.50. The van der Waals surface area contributed by atoms with Crippen molar-refractivity contribution in [3.05, 3.63) is 35.4 Å². The van der Waals surface area contributed by atoms with E-state index in [1.165, 1.54) is 6.07 Å². The first-order chi connectivity index (χ1) is 13.3. The number of morpholine rings is 1. The highest BCUT2D eigenvalue weighted by Crippen LogP contribution is 2.32. The van der Waals surface area contributed by atoms with Crippen LogP contribution in [0.3, 0.4) is 0 Å². The van der Waals surface area contributed by atoms with Gasteiger partial charge in [0, 0.05) is 33.1 Å². The zero-order valence-electron chi connectivity index (χ0n) is 16.2. The van der Waals surface area contributed by atoms with Crippen molar-refractivity contribution in [2.24, 2.45) is 4.99 Å². The van der Waals surface area contributed by atoms with E-state index in [1.54, 1.807) is 13.1 Å². The van der Waals surface area contributed by atoms with Gasteiger partial charge in [0.05, 0.1) is 18.7 Å². The highest BCUT2D eigenvalue weighted by Gasteiger charge is 2.32. The fraction of sp³-hybridized carbons (Fsp3) is 0.579. The number of carbonyl (C=O) groups is 1. The molecule has 0 radical (unpaired) electrons. The van der Waals surface area contributed by atoms with E-state index in [9.17, 15) is 18.0 Å². The Kier molecular flexibility index (Phi) is 8.10. The molecule has 1 aromatic carbocycles. The van der Waals surface area contributed by atoms with Crippen molar-refractivity contribution in [1.29, 1.82) is 0 Å². The zero-order chi connectivity index (χ0) is 20.6. The molecule has 1 fully saturated rings. The lowest BCUT2D eigenvalue weighted by Crippen LogP contribution is -2.48. The van der Waals surface area contributed by atoms with Crippen molar-refractivity contribution in [3.63, 3.8) is 0 Å². The molecule has 0 aliphatic carbocycles. The quantitative estimate of drug-likeness (QED) is 0.569. The number of benzene rings is 1. The molecule has 6 nitrogen and oxygen atoms in total. The number of nitrogens with zero attached hydrogens (tertiary/aromatic N) is 2. The minimum absolute atomic E-state index is 0.0337. The van der Waals surface area contributed by atoms with Crippen molar-refractivity contribution in [3.8, 4) is 0 Å². The van der Waals surface area contributed by atoms with Crippen LogP contribution in [0.5, 0.6) is 0 Å². The fourth-order valence-corrected chi connectivity index (χ4v) is 2.93. The molecule has 1 heterocycles. The first-order valence-electron chi connectivity index (χ1n) is 9.36. The Hall–Kier alpha value is -2.29. The van der Waals surface area contributed by atoms with Gasteiger partial charge in [0.15, 0.2) is 5.96 Å². The Morgan fingerprint density at radius 1 is 1.32 bits per heavy atom. The van der Waals surface area contributed by atoms with Crippen LogP contribution >= 0.6 is 0 Å². The number of carbonyl (C=O) groups excluding carboxylic acids is 1. The molecule has 1 saturated heterocycles. The number of nitrogens with one attached hydrogen (secondary N) is 2. The number of alkyl halides is 3. The maximum atomic E-state index is 13.0. The van der Waals surface area contributed by atoms with E-state index in [4.69, 9.17) is 4.74 Å². The van der Waals surface area contributed by atoms with E-state index >= 15 is 0 Å². The molecule has 1 aliphatic heterocycles. The van der Waals surface area contributed by atoms with Gasteiger partial charge in [0.25, 0.3) is 0 Å². The van der Waals surface area contributed by atoms with E-state index in [-0.39, 0.29) is 5.91 Å². The molecule has 1 unspecified atom stereocenters. The van der Waals surface area contributed by atoms with E-state index < -0.39 is 17.8 Å². The highest BCUT2D eigenvalue weighted by molar-refractivity contribution is 5.81. The average Bonchev–Trinajstić information content (AvgIpc) is 2.69. The Balaban J connectivity index is 1.95. The number of hydrogen-bond donors (Lipinski definition) is 2. The van der Waals surface area contributed by atoms with Crippen molar-refractivity contribution in [1.82, 2.24) is 15.5 Å². The summed E-state index contributed by atoms with van der Waals surface area (Å²) >= 11 is 0. The molecule has 1 amide bonds. The van der Waals surface area contributed by atoms with Crippen LogP contribution in [0.4, 0.5) is 13.2 Å². The summed E-state index contributed by atoms with van der Waals surface area (Å²) in [5.41, 5.74) is -0.208. The Morgan fingerprint density at radius 3 is 2.79 bits per heavy atom. The van der Waals surface area contributed by atoms with Gasteiger partial charge in [-0.15, -0.1) is 0 Å². The van der Waals surface area contributed by atoms with E-state index in [0.29, 0.717) is 50.7 Å². The smallest absolute Gasteiger partial charge is 0.370 e. The molecule has 0 aromatic heterocycles. The SMILES string of the molecule is CCCNC(=O)CCNC(=NC)N1CCOC(c2cccc(C(F)(F)F)c2)C1. The zero-order valence-corrected chi connectivity index (χ0v) is 16.2. The molecule has 28 heavy (non-hydrogen) atoms. The number of halogens is 3. The van der Waals surface area contributed by atoms with Crippen molar-refractivity contribution in [2.75, 3.05) is 39.8 Å². The van der Waals surface area contributed by atoms with Crippen LogP contribution in [0, 0.1) is 0 Å². The van der Waals surface area contributed by atoms with Gasteiger partial charge in [-0.05, 0) is 24.1 Å². The number of amides is 1. The minimum Gasteiger partial charge on any atom is -0.370 e. The number of hydrogen-bond acceptors (Lipinski definition) is 3. The fourth-order valence-electron chi connectivity index (χ4n) is 2.93. The van der Waals surface area contributed by atoms with E-state index in [1.807, 2.05) is 11.8 Å². The number of rotatable bonds is 6. The molecule has 1 aromatic rings. The number of ether oxygens (including phenoxy) is 1. The number of aliphatic imine (C=N–C) groups is 1. The molecule has 0 spiro atoms. The molecule has 9 heteroatoms. The van der Waals surface area contributed by atoms with Crippen LogP contribution < -0.4 is 10.6 Å². The number of guanidine groups is 1. The van der Waals surface area contributed by atoms with Gasteiger partial charge in [-0.3, -0.25) is 9.79 Å². The molecule has 0 saturated carbocycles. The van der Waals surface area contributed by atoms with Crippen LogP contribution in [-0.4, -0.2) is 56.6 Å². The van der Waals surface area contributed by atoms with E-state index in [2.05, 4.69) is 15.6 Å². The maximum Gasteiger partial charge on any atom is 0.416 e. The van der Waals surface area contributed by atoms with Crippen LogP contribution in [0.1, 0.15) is 37.0 Å². The summed E-state index contributed by atoms with van der Waals surface area (Å²) in [6.45, 7) is 4.38. The van der Waals surface area contributed by atoms with Gasteiger partial charge < -0.3 is 20.3 Å². The second-order valence-corrected chi connectivity index (χ2v) is 6.50. The summed E-state index contributed by atoms with van der Waals surface area (Å²) in [7, 11) is 1.63. The van der Waals surface area contributed by atoms with Gasteiger partial charge in [-0.1, -0.05) is 19.1 Å². The highest BCUT2D eigenvalue weighted by atomic mass is 19.4. The molecule has 2 rings (SSSR count). The van der Waals surface area contributed by atoms with Gasteiger partial charge in [0.1, 0.15) is 6.10 Å². The monoisotopic (exact) mass is 400 g/mol. The largest absolute Gasteiger partial charge is 0.416 e. The summed E-state index contributed by atoms with van der Waals surface area (Å²) in [6.07, 6.45) is -3.67. The van der Waals surface area contributed by atoms with Crippen molar-refractivity contribution in [2.45, 2.75) is 32.0 Å². The average molecular weight is 400 g/mol. The molecular weight excluding hydrogens is 373 g/mol. The maximum absolute atomic E-state index is 13.0. The van der Waals surface area contributed by atoms with Gasteiger partial charge in [0.2, 0.25) is 5.91 Å². The normalized spacial score (nSPS) is 18.1. The lowest BCUT2D eigenvalue weighted by atomic mass is 10.0. The summed E-state index contributed by atoms with van der Waals surface area (Å²) in [6, 6.07) is 5.21. The molecule has 1 aliphatic rings. The first kappa shape index (κ1) is 22.0. The Morgan fingerprint density at radius 2 is 2.11 bits per heavy atom. The van der Waals surface area contributed by atoms with Crippen LogP contribution in [0.2, 0.25) is 0 Å². The minimum atomic E-state index is -4.39. The van der Waals surface area contributed by atoms with Crippen LogP contribution in [0.25, 0.3) is 0 Å².